The van der Waals surface area contributed by atoms with Gasteiger partial charge in [0, 0.05) is 42.8 Å². The first-order chi connectivity index (χ1) is 17.6. The highest BCUT2D eigenvalue weighted by molar-refractivity contribution is 5.88. The number of hydrogen-bond donors (Lipinski definition) is 2. The number of para-hydroxylation sites is 1. The number of H-pyrrole nitrogens is 2. The number of imidazole rings is 1. The van der Waals surface area contributed by atoms with Gasteiger partial charge in [0.25, 0.3) is 0 Å². The highest BCUT2D eigenvalue weighted by Gasteiger charge is 2.32. The number of piperazine rings is 1. The summed E-state index contributed by atoms with van der Waals surface area (Å²) < 4.78 is 5.59. The van der Waals surface area contributed by atoms with Gasteiger partial charge in [-0.3, -0.25) is 4.79 Å². The summed E-state index contributed by atoms with van der Waals surface area (Å²) in [5, 5.41) is 2.00. The first kappa shape index (κ1) is 22.2. The van der Waals surface area contributed by atoms with Gasteiger partial charge in [-0.2, -0.15) is 0 Å². The molecular weight excluding hydrogens is 454 g/mol. The van der Waals surface area contributed by atoms with Crippen LogP contribution < -0.4 is 4.74 Å². The highest BCUT2D eigenvalue weighted by atomic mass is 16.5. The Bertz CT molecular complexity index is 1560. The van der Waals surface area contributed by atoms with Crippen molar-refractivity contribution in [2.45, 2.75) is 12.5 Å². The number of nitrogens with one attached hydrogen (secondary N) is 2. The number of aromatic amines is 2. The zero-order valence-electron chi connectivity index (χ0n) is 20.2. The Hall–Kier alpha value is -4.24. The zero-order chi connectivity index (χ0) is 24.6. The summed E-state index contributed by atoms with van der Waals surface area (Å²) in [4.78, 5) is 38.0. The molecule has 9 nitrogen and oxygen atoms in total. The number of rotatable bonds is 5. The summed E-state index contributed by atoms with van der Waals surface area (Å²) in [7, 11) is 3.69. The van der Waals surface area contributed by atoms with Crippen LogP contribution in [0.25, 0.3) is 33.2 Å². The van der Waals surface area contributed by atoms with Gasteiger partial charge < -0.3 is 24.5 Å². The lowest BCUT2D eigenvalue weighted by Gasteiger charge is -2.39. The third kappa shape index (κ3) is 3.97. The second kappa shape index (κ2) is 9.09. The second-order valence-corrected chi connectivity index (χ2v) is 9.18. The fraction of sp³-hybridized carbons (Fsp3) is 0.259. The molecule has 1 aromatic carbocycles. The summed E-state index contributed by atoms with van der Waals surface area (Å²) in [6.07, 6.45) is 5.73. The van der Waals surface area contributed by atoms with Crippen LogP contribution in [0.3, 0.4) is 0 Å². The van der Waals surface area contributed by atoms with E-state index in [1.54, 1.807) is 19.5 Å². The van der Waals surface area contributed by atoms with E-state index in [4.69, 9.17) is 9.72 Å². The normalized spacial score (nSPS) is 16.6. The third-order valence-electron chi connectivity index (χ3n) is 6.87. The van der Waals surface area contributed by atoms with Crippen molar-refractivity contribution in [3.63, 3.8) is 0 Å². The SMILES string of the molecule is COc1nc2ccccc2cc1-c1cnc(C2CN(C)CCN2C(=O)Cc2c[nH]c3ncccc23)[nH]1. The number of aromatic nitrogens is 5. The van der Waals surface area contributed by atoms with Crippen LogP contribution in [0.2, 0.25) is 0 Å². The standard InChI is InChI=1S/C27H27N7O2/c1-33-10-11-34(24(35)13-18-14-29-25-19(18)7-5-9-28-25)23(16-33)26-30-15-22(31-26)20-12-17-6-3-4-8-21(17)32-27(20)36-2/h3-9,12,14-15,23H,10-11,13,16H2,1-2H3,(H,28,29)(H,30,31). The molecule has 1 unspecified atom stereocenters. The number of amides is 1. The summed E-state index contributed by atoms with van der Waals surface area (Å²) in [5.74, 6) is 1.35. The van der Waals surface area contributed by atoms with E-state index >= 15 is 0 Å². The average Bonchev–Trinajstić information content (AvgIpc) is 3.56. The van der Waals surface area contributed by atoms with Gasteiger partial charge in [0.2, 0.25) is 11.8 Å². The van der Waals surface area contributed by atoms with E-state index in [1.807, 2.05) is 47.5 Å². The van der Waals surface area contributed by atoms with Crippen molar-refractivity contribution >= 4 is 27.8 Å². The van der Waals surface area contributed by atoms with Crippen LogP contribution in [0, 0.1) is 0 Å². The van der Waals surface area contributed by atoms with Gasteiger partial charge in [-0.25, -0.2) is 15.0 Å². The van der Waals surface area contributed by atoms with Gasteiger partial charge in [0.15, 0.2) is 0 Å². The van der Waals surface area contributed by atoms with E-state index in [0.717, 1.165) is 51.1 Å². The van der Waals surface area contributed by atoms with Crippen LogP contribution in [0.15, 0.2) is 61.1 Å². The average molecular weight is 482 g/mol. The Balaban J connectivity index is 1.31. The van der Waals surface area contributed by atoms with Crippen molar-refractivity contribution < 1.29 is 9.53 Å². The van der Waals surface area contributed by atoms with E-state index in [-0.39, 0.29) is 11.9 Å². The third-order valence-corrected chi connectivity index (χ3v) is 6.87. The van der Waals surface area contributed by atoms with E-state index in [9.17, 15) is 4.79 Å². The molecule has 4 aromatic heterocycles. The molecular formula is C27H27N7O2. The monoisotopic (exact) mass is 481 g/mol. The molecule has 0 saturated carbocycles. The van der Waals surface area contributed by atoms with Gasteiger partial charge in [-0.1, -0.05) is 18.2 Å². The Morgan fingerprint density at radius 1 is 1.17 bits per heavy atom. The molecule has 1 saturated heterocycles. The molecule has 1 aliphatic heterocycles. The number of pyridine rings is 2. The number of nitrogens with zero attached hydrogens (tertiary/aromatic N) is 5. The lowest BCUT2D eigenvalue weighted by atomic mass is 10.1. The molecule has 1 atom stereocenters. The number of hydrogen-bond acceptors (Lipinski definition) is 6. The van der Waals surface area contributed by atoms with Crippen LogP contribution in [0.4, 0.5) is 0 Å². The molecule has 5 aromatic rings. The Labute approximate surface area is 208 Å². The quantitative estimate of drug-likeness (QED) is 0.398. The first-order valence-corrected chi connectivity index (χ1v) is 12.0. The van der Waals surface area contributed by atoms with Crippen molar-refractivity contribution in [1.82, 2.24) is 34.7 Å². The largest absolute Gasteiger partial charge is 0.480 e. The van der Waals surface area contributed by atoms with E-state index in [0.29, 0.717) is 25.4 Å². The molecule has 5 heterocycles. The van der Waals surface area contributed by atoms with Gasteiger partial charge in [0.05, 0.1) is 36.5 Å². The maximum Gasteiger partial charge on any atom is 0.227 e. The van der Waals surface area contributed by atoms with Crippen LogP contribution in [-0.4, -0.2) is 74.4 Å². The van der Waals surface area contributed by atoms with Crippen LogP contribution >= 0.6 is 0 Å². The van der Waals surface area contributed by atoms with Gasteiger partial charge in [0.1, 0.15) is 17.5 Å². The minimum atomic E-state index is -0.187. The number of methoxy groups -OCH3 is 1. The zero-order valence-corrected chi connectivity index (χ0v) is 20.2. The Morgan fingerprint density at radius 2 is 2.06 bits per heavy atom. The molecule has 0 bridgehead atoms. The predicted octanol–water partition coefficient (Wildman–Crippen LogP) is 3.57. The molecule has 1 fully saturated rings. The number of carbonyl (C=O) groups is 1. The minimum absolute atomic E-state index is 0.0701. The molecule has 2 N–H and O–H groups in total. The number of fused-ring (bicyclic) bond motifs is 2. The molecule has 1 aliphatic rings. The molecule has 0 radical (unpaired) electrons. The summed E-state index contributed by atoms with van der Waals surface area (Å²) >= 11 is 0. The van der Waals surface area contributed by atoms with Crippen LogP contribution in [0.5, 0.6) is 5.88 Å². The number of ether oxygens (including phenoxy) is 1. The Kier molecular flexibility index (Phi) is 5.61. The number of likely N-dealkylation sites (N-methyl/N-ethyl adjacent to an activating group) is 1. The molecule has 0 aliphatic carbocycles. The topological polar surface area (TPSA) is 103 Å². The minimum Gasteiger partial charge on any atom is -0.480 e. The van der Waals surface area contributed by atoms with Crippen molar-refractivity contribution in [2.75, 3.05) is 33.8 Å². The maximum absolute atomic E-state index is 13.5. The van der Waals surface area contributed by atoms with Gasteiger partial charge in [-0.15, -0.1) is 0 Å². The Morgan fingerprint density at radius 3 is 2.94 bits per heavy atom. The fourth-order valence-corrected chi connectivity index (χ4v) is 4.96. The van der Waals surface area contributed by atoms with Crippen molar-refractivity contribution in [3.8, 4) is 17.1 Å². The van der Waals surface area contributed by atoms with E-state index in [2.05, 4.69) is 37.9 Å². The summed E-state index contributed by atoms with van der Waals surface area (Å²) in [6.45, 7) is 2.15. The predicted molar refractivity (Wildman–Crippen MR) is 138 cm³/mol. The summed E-state index contributed by atoms with van der Waals surface area (Å²) in [6, 6.07) is 13.7. The smallest absolute Gasteiger partial charge is 0.227 e. The molecule has 1 amide bonds. The van der Waals surface area contributed by atoms with Crippen molar-refractivity contribution in [1.29, 1.82) is 0 Å². The molecule has 6 rings (SSSR count). The van der Waals surface area contributed by atoms with Gasteiger partial charge in [-0.05, 0) is 36.9 Å². The molecule has 36 heavy (non-hydrogen) atoms. The molecule has 0 spiro atoms. The lowest BCUT2D eigenvalue weighted by molar-refractivity contribution is -0.135. The maximum atomic E-state index is 13.5. The highest BCUT2D eigenvalue weighted by Crippen LogP contribution is 2.32. The first-order valence-electron chi connectivity index (χ1n) is 12.0. The molecule has 9 heteroatoms. The van der Waals surface area contributed by atoms with Crippen LogP contribution in [-0.2, 0) is 11.2 Å². The summed E-state index contributed by atoms with van der Waals surface area (Å²) in [5.41, 5.74) is 4.26. The van der Waals surface area contributed by atoms with Crippen LogP contribution in [0.1, 0.15) is 17.4 Å². The van der Waals surface area contributed by atoms with Crippen molar-refractivity contribution in [2.24, 2.45) is 0 Å². The van der Waals surface area contributed by atoms with Crippen molar-refractivity contribution in [3.05, 3.63) is 72.4 Å². The number of benzene rings is 1. The fourth-order valence-electron chi connectivity index (χ4n) is 4.96. The second-order valence-electron chi connectivity index (χ2n) is 9.18. The van der Waals surface area contributed by atoms with E-state index < -0.39 is 0 Å². The van der Waals surface area contributed by atoms with E-state index in [1.165, 1.54) is 0 Å². The van der Waals surface area contributed by atoms with Gasteiger partial charge >= 0.3 is 0 Å². The lowest BCUT2D eigenvalue weighted by Crippen LogP contribution is -2.50. The molecule has 182 valence electrons. The number of carbonyl (C=O) groups excluding carboxylic acids is 1.